The van der Waals surface area contributed by atoms with E-state index in [2.05, 4.69) is 21.2 Å². The molecule has 0 bridgehead atoms. The second-order valence-electron chi connectivity index (χ2n) is 4.84. The minimum Gasteiger partial charge on any atom is -0.358 e. The van der Waals surface area contributed by atoms with Crippen molar-refractivity contribution in [2.75, 3.05) is 39.8 Å². The molecule has 0 aliphatic carbocycles. The van der Waals surface area contributed by atoms with Gasteiger partial charge in [0.1, 0.15) is 5.82 Å². The number of carbonyl (C=O) groups is 2. The van der Waals surface area contributed by atoms with E-state index in [1.54, 1.807) is 24.1 Å². The molecule has 0 radical (unpaired) electrons. The number of nitrogens with zero attached hydrogens (tertiary/aromatic N) is 2. The van der Waals surface area contributed by atoms with E-state index in [0.717, 1.165) is 0 Å². The molecule has 1 aromatic rings. The van der Waals surface area contributed by atoms with Crippen molar-refractivity contribution in [3.8, 4) is 0 Å². The summed E-state index contributed by atoms with van der Waals surface area (Å²) in [6.07, 6.45) is 0. The molecule has 1 heterocycles. The fourth-order valence-corrected chi connectivity index (χ4v) is 2.60. The number of hydrogen-bond donors (Lipinski definition) is 1. The molecule has 2 amide bonds. The second-order valence-corrected chi connectivity index (χ2v) is 5.70. The normalized spacial score (nSPS) is 15.9. The van der Waals surface area contributed by atoms with Crippen LogP contribution in [0.15, 0.2) is 22.7 Å². The Bertz CT molecular complexity index is 545. The summed E-state index contributed by atoms with van der Waals surface area (Å²) in [5.41, 5.74) is 0.0733. The lowest BCUT2D eigenvalue weighted by Crippen LogP contribution is -2.51. The number of hydrogen-bond acceptors (Lipinski definition) is 3. The van der Waals surface area contributed by atoms with Gasteiger partial charge >= 0.3 is 0 Å². The van der Waals surface area contributed by atoms with E-state index >= 15 is 0 Å². The third-order valence-electron chi connectivity index (χ3n) is 3.49. The topological polar surface area (TPSA) is 52.7 Å². The molecular formula is C14H17BrFN3O2. The summed E-state index contributed by atoms with van der Waals surface area (Å²) in [4.78, 5) is 27.2. The maximum atomic E-state index is 13.9. The van der Waals surface area contributed by atoms with E-state index in [1.807, 2.05) is 4.90 Å². The first-order chi connectivity index (χ1) is 10.0. The van der Waals surface area contributed by atoms with Crippen molar-refractivity contribution in [3.63, 3.8) is 0 Å². The van der Waals surface area contributed by atoms with E-state index in [1.165, 1.54) is 6.07 Å². The Balaban J connectivity index is 1.97. The van der Waals surface area contributed by atoms with Crippen molar-refractivity contribution < 1.29 is 14.0 Å². The largest absolute Gasteiger partial charge is 0.358 e. The Morgan fingerprint density at radius 2 is 1.95 bits per heavy atom. The van der Waals surface area contributed by atoms with Crippen LogP contribution in [0.1, 0.15) is 10.4 Å². The summed E-state index contributed by atoms with van der Waals surface area (Å²) in [6.45, 7) is 2.51. The predicted molar refractivity (Wildman–Crippen MR) is 80.5 cm³/mol. The monoisotopic (exact) mass is 357 g/mol. The molecule has 0 saturated carbocycles. The zero-order valence-corrected chi connectivity index (χ0v) is 13.3. The van der Waals surface area contributed by atoms with Crippen LogP contribution in [0, 0.1) is 5.82 Å². The molecule has 7 heteroatoms. The Morgan fingerprint density at radius 3 is 2.57 bits per heavy atom. The number of benzene rings is 1. The highest BCUT2D eigenvalue weighted by Crippen LogP contribution is 2.20. The fraction of sp³-hybridized carbons (Fsp3) is 0.429. The van der Waals surface area contributed by atoms with Gasteiger partial charge in [0, 0.05) is 33.2 Å². The number of nitrogens with one attached hydrogen (secondary N) is 1. The van der Waals surface area contributed by atoms with Crippen LogP contribution in [0.3, 0.4) is 0 Å². The standard InChI is InChI=1S/C14H17BrFN3O2/c1-17-12(20)9-18-5-7-19(8-6-18)14(21)10-3-2-4-11(15)13(10)16/h2-4H,5-9H2,1H3,(H,17,20). The van der Waals surface area contributed by atoms with E-state index in [0.29, 0.717) is 32.7 Å². The number of likely N-dealkylation sites (N-methyl/N-ethyl adjacent to an activating group) is 1. The van der Waals surface area contributed by atoms with Gasteiger partial charge in [-0.15, -0.1) is 0 Å². The summed E-state index contributed by atoms with van der Waals surface area (Å²) < 4.78 is 14.2. The highest BCUT2D eigenvalue weighted by atomic mass is 79.9. The van der Waals surface area contributed by atoms with Crippen LogP contribution < -0.4 is 5.32 Å². The SMILES string of the molecule is CNC(=O)CN1CCN(C(=O)c2cccc(Br)c2F)CC1. The molecule has 0 unspecified atom stereocenters. The molecule has 2 rings (SSSR count). The lowest BCUT2D eigenvalue weighted by atomic mass is 10.1. The zero-order chi connectivity index (χ0) is 15.4. The van der Waals surface area contributed by atoms with Gasteiger partial charge in [-0.25, -0.2) is 4.39 Å². The first-order valence-electron chi connectivity index (χ1n) is 6.69. The number of carbonyl (C=O) groups excluding carboxylic acids is 2. The second kappa shape index (κ2) is 7.00. The van der Waals surface area contributed by atoms with E-state index < -0.39 is 5.82 Å². The van der Waals surface area contributed by atoms with E-state index in [-0.39, 0.29) is 21.9 Å². The van der Waals surface area contributed by atoms with Gasteiger partial charge in [0.25, 0.3) is 5.91 Å². The quantitative estimate of drug-likeness (QED) is 0.880. The maximum Gasteiger partial charge on any atom is 0.256 e. The fourth-order valence-electron chi connectivity index (χ4n) is 2.23. The summed E-state index contributed by atoms with van der Waals surface area (Å²) in [6, 6.07) is 4.69. The Morgan fingerprint density at radius 1 is 1.29 bits per heavy atom. The number of amides is 2. The van der Waals surface area contributed by atoms with Gasteiger partial charge < -0.3 is 10.2 Å². The lowest BCUT2D eigenvalue weighted by Gasteiger charge is -2.34. The Hall–Kier alpha value is -1.47. The van der Waals surface area contributed by atoms with Crippen molar-refractivity contribution in [2.45, 2.75) is 0 Å². The molecule has 21 heavy (non-hydrogen) atoms. The number of halogens is 2. The third-order valence-corrected chi connectivity index (χ3v) is 4.10. The molecule has 1 aromatic carbocycles. The molecule has 5 nitrogen and oxygen atoms in total. The molecule has 0 atom stereocenters. The van der Waals surface area contributed by atoms with E-state index in [9.17, 15) is 14.0 Å². The van der Waals surface area contributed by atoms with Crippen molar-refractivity contribution in [1.29, 1.82) is 0 Å². The van der Waals surface area contributed by atoms with Crippen molar-refractivity contribution in [3.05, 3.63) is 34.1 Å². The van der Waals surface area contributed by atoms with Crippen LogP contribution in [-0.2, 0) is 4.79 Å². The molecule has 1 aliphatic heterocycles. The molecule has 1 aliphatic rings. The molecule has 1 saturated heterocycles. The minimum atomic E-state index is -0.532. The molecular weight excluding hydrogens is 341 g/mol. The summed E-state index contributed by atoms with van der Waals surface area (Å²) in [5.74, 6) is -0.892. The van der Waals surface area contributed by atoms with Crippen LogP contribution in [-0.4, -0.2) is 61.4 Å². The summed E-state index contributed by atoms with van der Waals surface area (Å²) in [7, 11) is 1.60. The van der Waals surface area contributed by atoms with Gasteiger partial charge in [0.2, 0.25) is 5.91 Å². The lowest BCUT2D eigenvalue weighted by molar-refractivity contribution is -0.122. The van der Waals surface area contributed by atoms with Gasteiger partial charge in [0.05, 0.1) is 16.6 Å². The van der Waals surface area contributed by atoms with Crippen molar-refractivity contribution in [1.82, 2.24) is 15.1 Å². The average molecular weight is 358 g/mol. The Labute approximate surface area is 131 Å². The highest BCUT2D eigenvalue weighted by molar-refractivity contribution is 9.10. The molecule has 1 fully saturated rings. The zero-order valence-electron chi connectivity index (χ0n) is 11.7. The van der Waals surface area contributed by atoms with Gasteiger partial charge in [0.15, 0.2) is 0 Å². The van der Waals surface area contributed by atoms with Crippen LogP contribution in [0.25, 0.3) is 0 Å². The van der Waals surface area contributed by atoms with Crippen molar-refractivity contribution >= 4 is 27.7 Å². The van der Waals surface area contributed by atoms with Gasteiger partial charge in [-0.3, -0.25) is 14.5 Å². The summed E-state index contributed by atoms with van der Waals surface area (Å²) >= 11 is 3.08. The number of piperazine rings is 1. The minimum absolute atomic E-state index is 0.0483. The average Bonchev–Trinajstić information content (AvgIpc) is 2.50. The molecule has 0 aromatic heterocycles. The molecule has 1 N–H and O–H groups in total. The van der Waals surface area contributed by atoms with E-state index in [4.69, 9.17) is 0 Å². The van der Waals surface area contributed by atoms with Crippen molar-refractivity contribution in [2.24, 2.45) is 0 Å². The first-order valence-corrected chi connectivity index (χ1v) is 7.48. The third kappa shape index (κ3) is 3.79. The number of rotatable bonds is 3. The van der Waals surface area contributed by atoms with Gasteiger partial charge in [-0.1, -0.05) is 6.07 Å². The van der Waals surface area contributed by atoms with Gasteiger partial charge in [-0.2, -0.15) is 0 Å². The van der Waals surface area contributed by atoms with Crippen LogP contribution in [0.2, 0.25) is 0 Å². The highest BCUT2D eigenvalue weighted by Gasteiger charge is 2.25. The van der Waals surface area contributed by atoms with Gasteiger partial charge in [-0.05, 0) is 28.1 Å². The maximum absolute atomic E-state index is 13.9. The van der Waals surface area contributed by atoms with Crippen LogP contribution in [0.5, 0.6) is 0 Å². The predicted octanol–water partition coefficient (Wildman–Crippen LogP) is 1.09. The van der Waals surface area contributed by atoms with Crippen LogP contribution in [0.4, 0.5) is 4.39 Å². The smallest absolute Gasteiger partial charge is 0.256 e. The first kappa shape index (κ1) is 15.9. The Kier molecular flexibility index (Phi) is 5.30. The molecule has 0 spiro atoms. The summed E-state index contributed by atoms with van der Waals surface area (Å²) in [5, 5.41) is 2.57. The van der Waals surface area contributed by atoms with Crippen LogP contribution >= 0.6 is 15.9 Å². The molecule has 114 valence electrons.